The predicted molar refractivity (Wildman–Crippen MR) is 99.1 cm³/mol. The maximum absolute atomic E-state index is 12.5. The monoisotopic (exact) mass is 356 g/mol. The van der Waals surface area contributed by atoms with Crippen LogP contribution in [0.1, 0.15) is 60.4 Å². The Morgan fingerprint density at radius 1 is 1.36 bits per heavy atom. The highest BCUT2D eigenvalue weighted by Gasteiger charge is 2.27. The van der Waals surface area contributed by atoms with E-state index in [0.29, 0.717) is 18.9 Å². The molecule has 2 aliphatic rings. The molecule has 5 heteroatoms. The van der Waals surface area contributed by atoms with Crippen LogP contribution in [-0.4, -0.2) is 17.0 Å². The first kappa shape index (κ1) is 16.6. The number of amides is 1. The van der Waals surface area contributed by atoms with Crippen molar-refractivity contribution in [3.63, 3.8) is 0 Å². The van der Waals surface area contributed by atoms with Crippen LogP contribution in [0.25, 0.3) is 0 Å². The van der Waals surface area contributed by atoms with Crippen molar-refractivity contribution < 1.29 is 9.53 Å². The van der Waals surface area contributed by atoms with Crippen LogP contribution in [0.5, 0.6) is 5.75 Å². The Hall–Kier alpha value is -1.88. The number of nitrogens with one attached hydrogen (secondary N) is 1. The van der Waals surface area contributed by atoms with Crippen LogP contribution in [0.15, 0.2) is 23.6 Å². The summed E-state index contributed by atoms with van der Waals surface area (Å²) in [6, 6.07) is 6.22. The van der Waals surface area contributed by atoms with Crippen LogP contribution in [0, 0.1) is 0 Å². The van der Waals surface area contributed by atoms with Gasteiger partial charge in [0, 0.05) is 11.3 Å². The lowest BCUT2D eigenvalue weighted by atomic mass is 10.1. The molecule has 2 aliphatic carbocycles. The lowest BCUT2D eigenvalue weighted by Gasteiger charge is -2.17. The Labute approximate surface area is 152 Å². The van der Waals surface area contributed by atoms with Crippen LogP contribution in [0.3, 0.4) is 0 Å². The minimum atomic E-state index is -0.457. The third kappa shape index (κ3) is 3.87. The van der Waals surface area contributed by atoms with E-state index >= 15 is 0 Å². The number of hydrogen-bond donors (Lipinski definition) is 1. The summed E-state index contributed by atoms with van der Waals surface area (Å²) >= 11 is 1.71. The van der Waals surface area contributed by atoms with Gasteiger partial charge in [-0.15, -0.1) is 11.3 Å². The second-order valence-electron chi connectivity index (χ2n) is 6.97. The van der Waals surface area contributed by atoms with Gasteiger partial charge in [-0.25, -0.2) is 4.98 Å². The van der Waals surface area contributed by atoms with E-state index in [1.54, 1.807) is 11.3 Å². The average Bonchev–Trinajstić information content (AvgIpc) is 3.19. The highest BCUT2D eigenvalue weighted by Crippen LogP contribution is 2.41. The molecule has 1 aromatic carbocycles. The Balaban J connectivity index is 1.33. The SMILES string of the molecule is CCC(Oc1ccc2c(c1)CCC2)C(=O)NCc1csc(C2CC2)n1. The number of carbonyl (C=O) groups is 1. The number of benzene rings is 1. The number of aryl methyl sites for hydroxylation is 2. The normalized spacial score (nSPS) is 17.2. The first-order valence-electron chi connectivity index (χ1n) is 9.23. The molecule has 2 aromatic rings. The van der Waals surface area contributed by atoms with Crippen LogP contribution in [0.2, 0.25) is 0 Å². The third-order valence-electron chi connectivity index (χ3n) is 4.95. The zero-order valence-corrected chi connectivity index (χ0v) is 15.4. The molecule has 4 nitrogen and oxygen atoms in total. The van der Waals surface area contributed by atoms with Crippen molar-refractivity contribution in [2.45, 2.75) is 64.0 Å². The third-order valence-corrected chi connectivity index (χ3v) is 6.01. The molecule has 1 unspecified atom stereocenters. The van der Waals surface area contributed by atoms with Gasteiger partial charge in [-0.3, -0.25) is 4.79 Å². The van der Waals surface area contributed by atoms with Crippen LogP contribution in [0.4, 0.5) is 0 Å². The molecule has 0 aliphatic heterocycles. The van der Waals surface area contributed by atoms with Gasteiger partial charge in [0.2, 0.25) is 0 Å². The van der Waals surface area contributed by atoms with Gasteiger partial charge in [0.25, 0.3) is 5.91 Å². The zero-order valence-electron chi connectivity index (χ0n) is 14.6. The van der Waals surface area contributed by atoms with Gasteiger partial charge in [0.05, 0.1) is 17.2 Å². The van der Waals surface area contributed by atoms with Crippen LogP contribution < -0.4 is 10.1 Å². The van der Waals surface area contributed by atoms with Gasteiger partial charge in [-0.05, 0) is 61.8 Å². The molecule has 4 rings (SSSR count). The van der Waals surface area contributed by atoms with Crippen molar-refractivity contribution in [3.8, 4) is 5.75 Å². The number of aromatic nitrogens is 1. The molecule has 1 aromatic heterocycles. The number of carbonyl (C=O) groups excluding carboxylic acids is 1. The highest BCUT2D eigenvalue weighted by molar-refractivity contribution is 7.09. The Bertz CT molecular complexity index is 767. The van der Waals surface area contributed by atoms with Gasteiger partial charge >= 0.3 is 0 Å². The van der Waals surface area contributed by atoms with E-state index in [0.717, 1.165) is 24.3 Å². The second-order valence-corrected chi connectivity index (χ2v) is 7.86. The van der Waals surface area contributed by atoms with E-state index in [1.807, 2.05) is 13.0 Å². The molecule has 1 saturated carbocycles. The molecular weight excluding hydrogens is 332 g/mol. The van der Waals surface area contributed by atoms with Crippen molar-refractivity contribution in [2.75, 3.05) is 0 Å². The molecule has 1 atom stereocenters. The standard InChI is InChI=1S/C20H24N2O2S/c1-2-18(24-17-9-8-13-4-3-5-15(13)10-17)19(23)21-11-16-12-25-20(22-16)14-6-7-14/h8-10,12,14,18H,2-7,11H2,1H3,(H,21,23). The molecule has 1 N–H and O–H groups in total. The first-order valence-corrected chi connectivity index (χ1v) is 10.1. The number of rotatable bonds is 7. The summed E-state index contributed by atoms with van der Waals surface area (Å²) in [5, 5.41) is 6.24. The van der Waals surface area contributed by atoms with E-state index in [-0.39, 0.29) is 5.91 Å². The van der Waals surface area contributed by atoms with Gasteiger partial charge < -0.3 is 10.1 Å². The summed E-state index contributed by atoms with van der Waals surface area (Å²) in [7, 11) is 0. The Morgan fingerprint density at radius 2 is 2.20 bits per heavy atom. The fourth-order valence-corrected chi connectivity index (χ4v) is 4.31. The lowest BCUT2D eigenvalue weighted by molar-refractivity contribution is -0.128. The second kappa shape index (κ2) is 7.16. The molecule has 0 radical (unpaired) electrons. The van der Waals surface area contributed by atoms with E-state index in [4.69, 9.17) is 4.74 Å². The van der Waals surface area contributed by atoms with E-state index in [2.05, 4.69) is 27.8 Å². The van der Waals surface area contributed by atoms with Crippen molar-refractivity contribution in [3.05, 3.63) is 45.4 Å². The minimum Gasteiger partial charge on any atom is -0.481 e. The van der Waals surface area contributed by atoms with Gasteiger partial charge in [-0.2, -0.15) is 0 Å². The minimum absolute atomic E-state index is 0.0658. The highest BCUT2D eigenvalue weighted by atomic mass is 32.1. The molecule has 0 spiro atoms. The van der Waals surface area contributed by atoms with Crippen molar-refractivity contribution in [1.82, 2.24) is 10.3 Å². The number of hydrogen-bond acceptors (Lipinski definition) is 4. The summed E-state index contributed by atoms with van der Waals surface area (Å²) in [5.41, 5.74) is 3.73. The van der Waals surface area contributed by atoms with Crippen LogP contribution >= 0.6 is 11.3 Å². The molecular formula is C20H24N2O2S. The maximum atomic E-state index is 12.5. The quantitative estimate of drug-likeness (QED) is 0.816. The van der Waals surface area contributed by atoms with E-state index in [9.17, 15) is 4.79 Å². The smallest absolute Gasteiger partial charge is 0.261 e. The molecule has 132 valence electrons. The van der Waals surface area contributed by atoms with Gasteiger partial charge in [0.1, 0.15) is 5.75 Å². The summed E-state index contributed by atoms with van der Waals surface area (Å²) in [6.45, 7) is 2.46. The van der Waals surface area contributed by atoms with Gasteiger partial charge in [0.15, 0.2) is 6.10 Å². The number of ether oxygens (including phenoxy) is 1. The molecule has 0 saturated heterocycles. The molecule has 0 bridgehead atoms. The molecule has 25 heavy (non-hydrogen) atoms. The van der Waals surface area contributed by atoms with Crippen molar-refractivity contribution >= 4 is 17.2 Å². The van der Waals surface area contributed by atoms with Crippen LogP contribution in [-0.2, 0) is 24.2 Å². The summed E-state index contributed by atoms with van der Waals surface area (Å²) in [4.78, 5) is 17.1. The van der Waals surface area contributed by atoms with Crippen molar-refractivity contribution in [2.24, 2.45) is 0 Å². The van der Waals surface area contributed by atoms with Crippen molar-refractivity contribution in [1.29, 1.82) is 0 Å². The van der Waals surface area contributed by atoms with E-state index in [1.165, 1.54) is 35.4 Å². The summed E-state index contributed by atoms with van der Waals surface area (Å²) < 4.78 is 5.96. The molecule has 1 amide bonds. The largest absolute Gasteiger partial charge is 0.481 e. The summed E-state index contributed by atoms with van der Waals surface area (Å²) in [6.07, 6.45) is 6.19. The maximum Gasteiger partial charge on any atom is 0.261 e. The Kier molecular flexibility index (Phi) is 4.75. The topological polar surface area (TPSA) is 51.2 Å². The Morgan fingerprint density at radius 3 is 3.00 bits per heavy atom. The lowest BCUT2D eigenvalue weighted by Crippen LogP contribution is -2.37. The van der Waals surface area contributed by atoms with Gasteiger partial charge in [-0.1, -0.05) is 13.0 Å². The fourth-order valence-electron chi connectivity index (χ4n) is 3.32. The van der Waals surface area contributed by atoms with E-state index < -0.39 is 6.10 Å². The number of fused-ring (bicyclic) bond motifs is 1. The molecule has 1 heterocycles. The molecule has 1 fully saturated rings. The number of nitrogens with zero attached hydrogens (tertiary/aromatic N) is 1. The number of thiazole rings is 1. The fraction of sp³-hybridized carbons (Fsp3) is 0.500. The first-order chi connectivity index (χ1) is 12.2. The average molecular weight is 356 g/mol. The zero-order chi connectivity index (χ0) is 17.2. The summed E-state index contributed by atoms with van der Waals surface area (Å²) in [5.74, 6) is 1.40. The predicted octanol–water partition coefficient (Wildman–Crippen LogP) is 3.98.